The summed E-state index contributed by atoms with van der Waals surface area (Å²) in [4.78, 5) is 12.7. The fourth-order valence-corrected chi connectivity index (χ4v) is 2.86. The van der Waals surface area contributed by atoms with Crippen LogP contribution >= 0.6 is 0 Å². The summed E-state index contributed by atoms with van der Waals surface area (Å²) >= 11 is 0. The minimum Gasteiger partial charge on any atom is -0.322 e. The standard InChI is InChI=1S/C21H20N4O/c1-2-20-19(14-23-25(20)15-17-6-4-3-5-7-17)21(26)24-18-10-8-16(9-11-18)12-13-22/h3-11,14H,2,12,15H2,1H3,(H,24,26). The number of rotatable bonds is 6. The molecular formula is C21H20N4O. The number of nitriles is 1. The molecule has 0 bridgehead atoms. The highest BCUT2D eigenvalue weighted by Gasteiger charge is 2.16. The first-order valence-electron chi connectivity index (χ1n) is 8.57. The maximum atomic E-state index is 12.7. The summed E-state index contributed by atoms with van der Waals surface area (Å²) in [5, 5.41) is 16.0. The Morgan fingerprint density at radius 2 is 1.85 bits per heavy atom. The Balaban J connectivity index is 1.76. The van der Waals surface area contributed by atoms with Crippen molar-refractivity contribution in [3.05, 3.63) is 83.2 Å². The number of hydrogen-bond donors (Lipinski definition) is 1. The molecule has 1 aromatic heterocycles. The molecule has 0 atom stereocenters. The Hall–Kier alpha value is -3.39. The lowest BCUT2D eigenvalue weighted by Gasteiger charge is -2.09. The van der Waals surface area contributed by atoms with E-state index in [1.165, 1.54) is 0 Å². The topological polar surface area (TPSA) is 70.7 Å². The van der Waals surface area contributed by atoms with Crippen LogP contribution in [0.15, 0.2) is 60.8 Å². The predicted molar refractivity (Wildman–Crippen MR) is 101 cm³/mol. The van der Waals surface area contributed by atoms with E-state index in [2.05, 4.69) is 16.5 Å². The molecule has 26 heavy (non-hydrogen) atoms. The van der Waals surface area contributed by atoms with Crippen molar-refractivity contribution in [3.8, 4) is 6.07 Å². The molecule has 0 saturated heterocycles. The average Bonchev–Trinajstić information content (AvgIpc) is 3.07. The zero-order valence-corrected chi connectivity index (χ0v) is 14.6. The molecule has 0 fully saturated rings. The van der Waals surface area contributed by atoms with Crippen LogP contribution in [-0.4, -0.2) is 15.7 Å². The quantitative estimate of drug-likeness (QED) is 0.739. The second-order valence-electron chi connectivity index (χ2n) is 5.99. The van der Waals surface area contributed by atoms with Gasteiger partial charge in [0.2, 0.25) is 0 Å². The van der Waals surface area contributed by atoms with Crippen molar-refractivity contribution in [1.29, 1.82) is 5.26 Å². The highest BCUT2D eigenvalue weighted by molar-refractivity contribution is 6.04. The van der Waals surface area contributed by atoms with Gasteiger partial charge in [0.25, 0.3) is 5.91 Å². The van der Waals surface area contributed by atoms with E-state index in [0.717, 1.165) is 23.2 Å². The molecule has 0 aliphatic heterocycles. The molecule has 5 nitrogen and oxygen atoms in total. The molecule has 5 heteroatoms. The molecule has 0 aliphatic rings. The van der Waals surface area contributed by atoms with Crippen LogP contribution in [0.4, 0.5) is 5.69 Å². The first-order valence-corrected chi connectivity index (χ1v) is 8.57. The summed E-state index contributed by atoms with van der Waals surface area (Å²) in [6.45, 7) is 2.66. The summed E-state index contributed by atoms with van der Waals surface area (Å²) in [6, 6.07) is 19.5. The first kappa shape index (κ1) is 17.4. The van der Waals surface area contributed by atoms with Crippen molar-refractivity contribution in [1.82, 2.24) is 9.78 Å². The summed E-state index contributed by atoms with van der Waals surface area (Å²) in [5.74, 6) is -0.172. The highest BCUT2D eigenvalue weighted by Crippen LogP contribution is 2.16. The number of hydrogen-bond acceptors (Lipinski definition) is 3. The van der Waals surface area contributed by atoms with Crippen molar-refractivity contribution in [3.63, 3.8) is 0 Å². The Morgan fingerprint density at radius 3 is 2.50 bits per heavy atom. The Kier molecular flexibility index (Phi) is 5.45. The van der Waals surface area contributed by atoms with Gasteiger partial charge in [-0.25, -0.2) is 0 Å². The van der Waals surface area contributed by atoms with Crippen LogP contribution in [0.3, 0.4) is 0 Å². The zero-order valence-electron chi connectivity index (χ0n) is 14.6. The lowest BCUT2D eigenvalue weighted by atomic mass is 10.1. The van der Waals surface area contributed by atoms with Crippen molar-refractivity contribution < 1.29 is 4.79 Å². The second-order valence-corrected chi connectivity index (χ2v) is 5.99. The Bertz CT molecular complexity index is 921. The minimum atomic E-state index is -0.172. The number of carbonyl (C=O) groups excluding carboxylic acids is 1. The molecule has 0 radical (unpaired) electrons. The Morgan fingerprint density at radius 1 is 1.12 bits per heavy atom. The number of aromatic nitrogens is 2. The third-order valence-electron chi connectivity index (χ3n) is 4.20. The molecule has 3 aromatic rings. The maximum Gasteiger partial charge on any atom is 0.259 e. The number of anilines is 1. The van der Waals surface area contributed by atoms with Crippen LogP contribution in [0.2, 0.25) is 0 Å². The van der Waals surface area contributed by atoms with Gasteiger partial charge in [0.1, 0.15) is 0 Å². The van der Waals surface area contributed by atoms with Gasteiger partial charge in [0.05, 0.1) is 36.5 Å². The lowest BCUT2D eigenvalue weighted by Crippen LogP contribution is -2.15. The van der Waals surface area contributed by atoms with Crippen molar-refractivity contribution in [2.75, 3.05) is 5.32 Å². The van der Waals surface area contributed by atoms with Gasteiger partial charge in [-0.3, -0.25) is 9.48 Å². The van der Waals surface area contributed by atoms with E-state index in [0.29, 0.717) is 24.2 Å². The lowest BCUT2D eigenvalue weighted by molar-refractivity contribution is 0.102. The van der Waals surface area contributed by atoms with Crippen LogP contribution < -0.4 is 5.32 Å². The van der Waals surface area contributed by atoms with Gasteiger partial charge in [0, 0.05) is 5.69 Å². The summed E-state index contributed by atoms with van der Waals surface area (Å²) in [5.41, 5.74) is 4.27. The van der Waals surface area contributed by atoms with Crippen LogP contribution in [-0.2, 0) is 19.4 Å². The van der Waals surface area contributed by atoms with Crippen molar-refractivity contribution >= 4 is 11.6 Å². The molecule has 0 saturated carbocycles. The van der Waals surface area contributed by atoms with Crippen molar-refractivity contribution in [2.45, 2.75) is 26.3 Å². The molecular weight excluding hydrogens is 324 g/mol. The molecule has 1 amide bonds. The summed E-state index contributed by atoms with van der Waals surface area (Å²) in [6.07, 6.45) is 2.71. The number of benzene rings is 2. The third-order valence-corrected chi connectivity index (χ3v) is 4.20. The van der Waals surface area contributed by atoms with Gasteiger partial charge in [-0.05, 0) is 29.7 Å². The van der Waals surface area contributed by atoms with E-state index in [1.807, 2.05) is 66.2 Å². The second kappa shape index (κ2) is 8.13. The van der Waals surface area contributed by atoms with Gasteiger partial charge in [-0.2, -0.15) is 10.4 Å². The van der Waals surface area contributed by atoms with E-state index in [9.17, 15) is 4.79 Å². The molecule has 0 unspecified atom stereocenters. The van der Waals surface area contributed by atoms with Gasteiger partial charge in [-0.15, -0.1) is 0 Å². The maximum absolute atomic E-state index is 12.7. The van der Waals surface area contributed by atoms with E-state index < -0.39 is 0 Å². The fraction of sp³-hybridized carbons (Fsp3) is 0.190. The number of carbonyl (C=O) groups is 1. The van der Waals surface area contributed by atoms with Crippen molar-refractivity contribution in [2.24, 2.45) is 0 Å². The van der Waals surface area contributed by atoms with Gasteiger partial charge >= 0.3 is 0 Å². The molecule has 1 heterocycles. The average molecular weight is 344 g/mol. The predicted octanol–water partition coefficient (Wildman–Crippen LogP) is 3.81. The summed E-state index contributed by atoms with van der Waals surface area (Å²) in [7, 11) is 0. The van der Waals surface area contributed by atoms with E-state index in [4.69, 9.17) is 5.26 Å². The first-order chi connectivity index (χ1) is 12.7. The smallest absolute Gasteiger partial charge is 0.259 e. The van der Waals surface area contributed by atoms with Crippen LogP contribution in [0.25, 0.3) is 0 Å². The number of amides is 1. The Labute approximate surface area is 152 Å². The molecule has 130 valence electrons. The largest absolute Gasteiger partial charge is 0.322 e. The van der Waals surface area contributed by atoms with Crippen LogP contribution in [0.5, 0.6) is 0 Å². The van der Waals surface area contributed by atoms with E-state index >= 15 is 0 Å². The van der Waals surface area contributed by atoms with E-state index in [1.54, 1.807) is 6.20 Å². The molecule has 2 aromatic carbocycles. The van der Waals surface area contributed by atoms with E-state index in [-0.39, 0.29) is 5.91 Å². The van der Waals surface area contributed by atoms with Gasteiger partial charge < -0.3 is 5.32 Å². The molecule has 3 rings (SSSR count). The van der Waals surface area contributed by atoms with Crippen LogP contribution in [0.1, 0.15) is 34.1 Å². The van der Waals surface area contributed by atoms with Gasteiger partial charge in [0.15, 0.2) is 0 Å². The SMILES string of the molecule is CCc1c(C(=O)Nc2ccc(CC#N)cc2)cnn1Cc1ccccc1. The summed E-state index contributed by atoms with van der Waals surface area (Å²) < 4.78 is 1.88. The molecule has 1 N–H and O–H groups in total. The normalized spacial score (nSPS) is 10.3. The highest BCUT2D eigenvalue weighted by atomic mass is 16.1. The zero-order chi connectivity index (χ0) is 18.4. The van der Waals surface area contributed by atoms with Crippen LogP contribution in [0, 0.1) is 11.3 Å². The minimum absolute atomic E-state index is 0.172. The monoisotopic (exact) mass is 344 g/mol. The fourth-order valence-electron chi connectivity index (χ4n) is 2.86. The third kappa shape index (κ3) is 3.98. The van der Waals surface area contributed by atoms with Gasteiger partial charge in [-0.1, -0.05) is 49.4 Å². The molecule has 0 spiro atoms. The number of nitrogens with one attached hydrogen (secondary N) is 1. The number of nitrogens with zero attached hydrogens (tertiary/aromatic N) is 3. The molecule has 0 aliphatic carbocycles.